The Bertz CT molecular complexity index is 5640. The molecule has 0 saturated heterocycles. The highest BCUT2D eigenvalue weighted by molar-refractivity contribution is 7.26. The van der Waals surface area contributed by atoms with E-state index in [0.717, 1.165) is 61.4 Å². The van der Waals surface area contributed by atoms with Gasteiger partial charge in [0.15, 0.2) is 8.07 Å². The molecule has 94 heavy (non-hydrogen) atoms. The predicted octanol–water partition coefficient (Wildman–Crippen LogP) is 19.2. The van der Waals surface area contributed by atoms with Crippen LogP contribution in [-0.4, -0.2) is 37.1 Å². The molecular weight excluding hydrogens is 1180 g/mol. The lowest BCUT2D eigenvalue weighted by Crippen LogP contribution is -2.74. The van der Waals surface area contributed by atoms with Crippen LogP contribution in [0.1, 0.15) is 0 Å². The fraction of sp³-hybridized carbons (Fsp3) is 0. The van der Waals surface area contributed by atoms with E-state index in [1.807, 2.05) is 35.7 Å². The van der Waals surface area contributed by atoms with Gasteiger partial charge in [-0.25, -0.2) is 19.9 Å². The zero-order valence-corrected chi connectivity index (χ0v) is 52.9. The van der Waals surface area contributed by atoms with Gasteiger partial charge in [0, 0.05) is 64.6 Å². The van der Waals surface area contributed by atoms with Crippen molar-refractivity contribution in [3.63, 3.8) is 0 Å². The van der Waals surface area contributed by atoms with Gasteiger partial charge in [-0.05, 0) is 91.5 Å². The summed E-state index contributed by atoms with van der Waals surface area (Å²) in [5, 5.41) is 12.7. The molecule has 0 unspecified atom stereocenters. The van der Waals surface area contributed by atoms with Crippen LogP contribution in [0.25, 0.3) is 132 Å². The van der Waals surface area contributed by atoms with Crippen LogP contribution in [0, 0.1) is 0 Å². The van der Waals surface area contributed by atoms with E-state index in [4.69, 9.17) is 19.9 Å². The third kappa shape index (κ3) is 9.88. The average molecular weight is 1240 g/mol. The van der Waals surface area contributed by atoms with Gasteiger partial charge in [0.2, 0.25) is 11.9 Å². The number of para-hydroxylation sites is 2. The molecule has 18 aromatic rings. The summed E-state index contributed by atoms with van der Waals surface area (Å²) in [7, 11) is -2.69. The number of hydrogen-bond donors (Lipinski definition) is 0. The summed E-state index contributed by atoms with van der Waals surface area (Å²) in [6, 6.07) is 123. The Morgan fingerprint density at radius 3 is 1.34 bits per heavy atom. The first-order valence-corrected chi connectivity index (χ1v) is 34.6. The number of hydrogen-bond acceptors (Lipinski definition) is 5. The Labute approximate surface area is 549 Å². The van der Waals surface area contributed by atoms with Gasteiger partial charge in [0.1, 0.15) is 0 Å². The topological polar surface area (TPSA) is 61.4 Å². The summed E-state index contributed by atoms with van der Waals surface area (Å²) in [4.78, 5) is 20.5. The van der Waals surface area contributed by atoms with Crippen molar-refractivity contribution >= 4 is 104 Å². The van der Waals surface area contributed by atoms with Crippen LogP contribution in [0.3, 0.4) is 0 Å². The van der Waals surface area contributed by atoms with Crippen LogP contribution >= 0.6 is 11.3 Å². The lowest BCUT2D eigenvalue weighted by atomic mass is 10.0. The van der Waals surface area contributed by atoms with E-state index in [-0.39, 0.29) is 0 Å². The molecule has 5 heterocycles. The highest BCUT2D eigenvalue weighted by atomic mass is 32.1. The Hall–Kier alpha value is -11.9. The molecule has 18 rings (SSSR count). The number of rotatable bonds is 11. The maximum absolute atomic E-state index is 5.30. The molecule has 8 heteroatoms. The Balaban J connectivity index is 0.000000144. The molecule has 0 amide bonds. The largest absolute Gasteiger partial charge is 0.278 e. The smallest absolute Gasteiger partial charge is 0.235 e. The first-order chi connectivity index (χ1) is 46.6. The zero-order chi connectivity index (χ0) is 62.4. The number of fused-ring (bicyclic) bond motifs is 9. The van der Waals surface area contributed by atoms with E-state index in [0.29, 0.717) is 11.9 Å². The highest BCUT2D eigenvalue weighted by Gasteiger charge is 2.41. The maximum atomic E-state index is 5.30. The summed E-state index contributed by atoms with van der Waals surface area (Å²) in [5.74, 6) is 1.32. The minimum atomic E-state index is -2.69. The SMILES string of the molecule is c1ccc(-c2cc(-c3ccccc3)nc(-n3c4ccccc4c4cc(-c5cccc6c5sc5ccccc56)ccc43)n2)cc1.c1ccc(-c2ccc3c4ccccc4n(-c4nccc(-c5cccc([Si](c6ccccc6)(c6ccccc6)c6ccccc6)c5)n4)c3c2)cc1. The van der Waals surface area contributed by atoms with E-state index >= 15 is 0 Å². The lowest BCUT2D eigenvalue weighted by molar-refractivity contribution is 0.992. The maximum Gasteiger partial charge on any atom is 0.235 e. The first kappa shape index (κ1) is 56.1. The number of nitrogens with zero attached hydrogens (tertiary/aromatic N) is 6. The zero-order valence-electron chi connectivity index (χ0n) is 51.1. The summed E-state index contributed by atoms with van der Waals surface area (Å²) in [6.45, 7) is 0. The minimum absolute atomic E-state index is 0.655. The standard InChI is InChI=1S/C46H33N3Si.C40H25N3S/c1-5-16-34(17-6-1)35-28-29-42-41-26-13-14-27-44(41)49(45(42)33-35)46-47-31-30-43(48-46)36-18-15-25-40(32-36)50(37-19-7-2-8-20-37,38-21-9-3-10-22-38)39-23-11-4-12-24-39;1-3-12-26(13-4-1)34-25-35(27-14-5-2-6-15-27)42-40(41-34)43-36-20-9-7-16-30(36)33-24-28(22-23-37(33)43)29-18-11-19-32-31-17-8-10-21-38(31)44-39(29)32/h1-33H;1-25H. The summed E-state index contributed by atoms with van der Waals surface area (Å²) < 4.78 is 7.06. The van der Waals surface area contributed by atoms with Gasteiger partial charge in [0.05, 0.1) is 39.1 Å². The van der Waals surface area contributed by atoms with E-state index in [1.165, 1.54) is 79.2 Å². The molecule has 0 atom stereocenters. The molecular formula is C86H58N6SSi. The second-order valence-electron chi connectivity index (χ2n) is 23.7. The van der Waals surface area contributed by atoms with E-state index in [2.05, 4.69) is 337 Å². The summed E-state index contributed by atoms with van der Waals surface area (Å²) >= 11 is 1.87. The van der Waals surface area contributed by atoms with Crippen LogP contribution in [0.15, 0.2) is 352 Å². The molecule has 0 aliphatic carbocycles. The quantitative estimate of drug-likeness (QED) is 0.0956. The molecule has 0 N–H and O–H groups in total. The Kier molecular flexibility index (Phi) is 14.3. The highest BCUT2D eigenvalue weighted by Crippen LogP contribution is 2.42. The van der Waals surface area contributed by atoms with Gasteiger partial charge in [-0.2, -0.15) is 0 Å². The second-order valence-corrected chi connectivity index (χ2v) is 28.5. The monoisotopic (exact) mass is 1230 g/mol. The molecule has 0 radical (unpaired) electrons. The van der Waals surface area contributed by atoms with Crippen LogP contribution in [0.2, 0.25) is 0 Å². The van der Waals surface area contributed by atoms with Gasteiger partial charge in [-0.1, -0.05) is 297 Å². The molecule has 5 aromatic heterocycles. The molecule has 0 spiro atoms. The lowest BCUT2D eigenvalue weighted by Gasteiger charge is -2.34. The van der Waals surface area contributed by atoms with Crippen molar-refractivity contribution in [3.05, 3.63) is 352 Å². The normalized spacial score (nSPS) is 11.6. The molecule has 6 nitrogen and oxygen atoms in total. The second kappa shape index (κ2) is 24.0. The molecule has 442 valence electrons. The molecule has 0 aliphatic heterocycles. The predicted molar refractivity (Wildman–Crippen MR) is 396 cm³/mol. The van der Waals surface area contributed by atoms with E-state index < -0.39 is 8.07 Å². The van der Waals surface area contributed by atoms with Gasteiger partial charge in [0.25, 0.3) is 0 Å². The number of benzene rings is 13. The van der Waals surface area contributed by atoms with Crippen LogP contribution < -0.4 is 20.7 Å². The van der Waals surface area contributed by atoms with Gasteiger partial charge >= 0.3 is 0 Å². The van der Waals surface area contributed by atoms with E-state index in [1.54, 1.807) is 0 Å². The van der Waals surface area contributed by atoms with Gasteiger partial charge in [-0.15, -0.1) is 11.3 Å². The number of thiophene rings is 1. The van der Waals surface area contributed by atoms with E-state index in [9.17, 15) is 0 Å². The van der Waals surface area contributed by atoms with Gasteiger partial charge in [-0.3, -0.25) is 9.13 Å². The Morgan fingerprint density at radius 2 is 0.713 bits per heavy atom. The minimum Gasteiger partial charge on any atom is -0.278 e. The molecule has 0 saturated carbocycles. The van der Waals surface area contributed by atoms with Crippen molar-refractivity contribution < 1.29 is 0 Å². The first-order valence-electron chi connectivity index (χ1n) is 31.8. The van der Waals surface area contributed by atoms with Crippen molar-refractivity contribution in [2.75, 3.05) is 0 Å². The molecule has 13 aromatic carbocycles. The summed E-state index contributed by atoms with van der Waals surface area (Å²) in [6.07, 6.45) is 1.89. The third-order valence-electron chi connectivity index (χ3n) is 18.3. The van der Waals surface area contributed by atoms with Crippen LogP contribution in [-0.2, 0) is 0 Å². The summed E-state index contributed by atoms with van der Waals surface area (Å²) in [5.41, 5.74) is 15.0. The molecule has 0 bridgehead atoms. The van der Waals surface area contributed by atoms with Crippen molar-refractivity contribution in [2.45, 2.75) is 0 Å². The van der Waals surface area contributed by atoms with Crippen molar-refractivity contribution in [2.24, 2.45) is 0 Å². The van der Waals surface area contributed by atoms with Crippen molar-refractivity contribution in [1.82, 2.24) is 29.1 Å². The molecule has 0 aliphatic rings. The third-order valence-corrected chi connectivity index (χ3v) is 24.3. The van der Waals surface area contributed by atoms with Crippen molar-refractivity contribution in [1.29, 1.82) is 0 Å². The number of aromatic nitrogens is 6. The average Bonchev–Trinajstić information content (AvgIpc) is 1.09. The Morgan fingerprint density at radius 1 is 0.255 bits per heavy atom. The fourth-order valence-corrected chi connectivity index (χ4v) is 20.0. The van der Waals surface area contributed by atoms with Crippen LogP contribution in [0.4, 0.5) is 0 Å². The fourth-order valence-electron chi connectivity index (χ4n) is 14.0. The van der Waals surface area contributed by atoms with Gasteiger partial charge < -0.3 is 0 Å². The molecule has 0 fully saturated rings. The van der Waals surface area contributed by atoms with Crippen LogP contribution in [0.5, 0.6) is 0 Å². The van der Waals surface area contributed by atoms with Crippen molar-refractivity contribution in [3.8, 4) is 67.9 Å².